The van der Waals surface area contributed by atoms with E-state index in [2.05, 4.69) is 16.9 Å². The van der Waals surface area contributed by atoms with Gasteiger partial charge >= 0.3 is 0 Å². The molecule has 0 saturated heterocycles. The summed E-state index contributed by atoms with van der Waals surface area (Å²) in [5.74, 6) is 0.190. The van der Waals surface area contributed by atoms with Gasteiger partial charge in [0, 0.05) is 6.07 Å². The molecule has 7 heteroatoms. The van der Waals surface area contributed by atoms with E-state index in [-0.39, 0.29) is 10.7 Å². The molecule has 0 aliphatic carbocycles. The van der Waals surface area contributed by atoms with E-state index in [0.717, 1.165) is 0 Å². The number of thiocarbonyl (C=S) groups is 1. The smallest absolute Gasteiger partial charge is 0.239 e. The Morgan fingerprint density at radius 3 is 2.81 bits per heavy atom. The van der Waals surface area contributed by atoms with E-state index in [4.69, 9.17) is 10.5 Å². The van der Waals surface area contributed by atoms with Gasteiger partial charge in [0.05, 0.1) is 17.8 Å². The van der Waals surface area contributed by atoms with Gasteiger partial charge in [-0.25, -0.2) is 8.42 Å². The highest BCUT2D eigenvalue weighted by molar-refractivity contribution is 7.95. The van der Waals surface area contributed by atoms with Gasteiger partial charge in [0.15, 0.2) is 0 Å². The van der Waals surface area contributed by atoms with E-state index in [9.17, 15) is 8.42 Å². The quantitative estimate of drug-likeness (QED) is 0.762. The zero-order valence-electron chi connectivity index (χ0n) is 8.64. The van der Waals surface area contributed by atoms with Gasteiger partial charge in [0.2, 0.25) is 10.0 Å². The van der Waals surface area contributed by atoms with E-state index >= 15 is 0 Å². The highest BCUT2D eigenvalue weighted by atomic mass is 32.2. The second kappa shape index (κ2) is 5.13. The number of nitrogens with one attached hydrogen (secondary N) is 1. The Balaban J connectivity index is 2.83. The molecule has 1 rings (SSSR count). The molecule has 1 aromatic carbocycles. The van der Waals surface area contributed by atoms with Gasteiger partial charge in [0.25, 0.3) is 0 Å². The van der Waals surface area contributed by atoms with E-state index in [1.165, 1.54) is 7.11 Å². The van der Waals surface area contributed by atoms with Gasteiger partial charge in [-0.15, -0.1) is 0 Å². The molecule has 0 aliphatic rings. The summed E-state index contributed by atoms with van der Waals surface area (Å²) in [4.78, 5) is -0.0737. The second-order valence-corrected chi connectivity index (χ2v) is 5.31. The zero-order chi connectivity index (χ0) is 12.2. The predicted molar refractivity (Wildman–Crippen MR) is 67.2 cm³/mol. The lowest BCUT2D eigenvalue weighted by atomic mass is 10.3. The molecule has 0 atom stereocenters. The van der Waals surface area contributed by atoms with Crippen molar-refractivity contribution in [3.05, 3.63) is 24.3 Å². The van der Waals surface area contributed by atoms with Crippen molar-refractivity contribution in [3.63, 3.8) is 0 Å². The van der Waals surface area contributed by atoms with Crippen LogP contribution in [0.15, 0.2) is 24.3 Å². The van der Waals surface area contributed by atoms with Crippen molar-refractivity contribution < 1.29 is 13.2 Å². The fourth-order valence-electron chi connectivity index (χ4n) is 1.09. The first-order valence-electron chi connectivity index (χ1n) is 4.36. The fraction of sp³-hybridized carbons (Fsp3) is 0.222. The monoisotopic (exact) mass is 260 g/mol. The van der Waals surface area contributed by atoms with Crippen molar-refractivity contribution in [2.75, 3.05) is 17.6 Å². The average Bonchev–Trinajstić information content (AvgIpc) is 2.15. The van der Waals surface area contributed by atoms with Crippen LogP contribution in [-0.2, 0) is 10.0 Å². The first-order chi connectivity index (χ1) is 7.43. The van der Waals surface area contributed by atoms with Crippen LogP contribution in [0.1, 0.15) is 0 Å². The van der Waals surface area contributed by atoms with Crippen molar-refractivity contribution in [1.29, 1.82) is 0 Å². The molecule has 1 aromatic rings. The minimum Gasteiger partial charge on any atom is -0.497 e. The van der Waals surface area contributed by atoms with Crippen molar-refractivity contribution in [2.45, 2.75) is 0 Å². The van der Waals surface area contributed by atoms with E-state index in [1.807, 2.05) is 0 Å². The SMILES string of the molecule is COc1cccc(NS(=O)(=O)CC(N)=S)c1. The van der Waals surface area contributed by atoms with Crippen LogP contribution in [0.4, 0.5) is 5.69 Å². The van der Waals surface area contributed by atoms with Crippen LogP contribution in [0, 0.1) is 0 Å². The molecule has 88 valence electrons. The van der Waals surface area contributed by atoms with Crippen molar-refractivity contribution >= 4 is 32.9 Å². The number of rotatable bonds is 5. The van der Waals surface area contributed by atoms with E-state index < -0.39 is 10.0 Å². The minimum absolute atomic E-state index is 0.0737. The summed E-state index contributed by atoms with van der Waals surface area (Å²) >= 11 is 4.54. The lowest BCUT2D eigenvalue weighted by molar-refractivity contribution is 0.415. The first-order valence-corrected chi connectivity index (χ1v) is 6.42. The Labute approximate surface area is 99.6 Å². The molecule has 0 aromatic heterocycles. The number of anilines is 1. The summed E-state index contributed by atoms with van der Waals surface area (Å²) in [5, 5.41) is 0. The largest absolute Gasteiger partial charge is 0.497 e. The summed E-state index contributed by atoms with van der Waals surface area (Å²) in [6, 6.07) is 6.57. The number of sulfonamides is 1. The molecule has 0 bridgehead atoms. The molecule has 0 unspecified atom stereocenters. The number of hydrogen-bond acceptors (Lipinski definition) is 4. The Morgan fingerprint density at radius 2 is 2.25 bits per heavy atom. The molecule has 0 fully saturated rings. The summed E-state index contributed by atoms with van der Waals surface area (Å²) in [6.45, 7) is 0. The average molecular weight is 260 g/mol. The third kappa shape index (κ3) is 4.03. The van der Waals surface area contributed by atoms with Crippen LogP contribution >= 0.6 is 12.2 Å². The third-order valence-corrected chi connectivity index (χ3v) is 3.24. The van der Waals surface area contributed by atoms with Gasteiger partial charge in [0.1, 0.15) is 11.5 Å². The van der Waals surface area contributed by atoms with Crippen LogP contribution in [0.5, 0.6) is 5.75 Å². The maximum atomic E-state index is 11.5. The summed E-state index contributed by atoms with van der Waals surface area (Å²) in [6.07, 6.45) is 0. The molecule has 0 spiro atoms. The van der Waals surface area contributed by atoms with Gasteiger partial charge in [-0.1, -0.05) is 18.3 Å². The zero-order valence-corrected chi connectivity index (χ0v) is 10.3. The number of methoxy groups -OCH3 is 1. The van der Waals surface area contributed by atoms with Gasteiger partial charge in [-0.05, 0) is 12.1 Å². The molecule has 0 amide bonds. The highest BCUT2D eigenvalue weighted by Gasteiger charge is 2.11. The Hall–Kier alpha value is -1.34. The standard InChI is InChI=1S/C9H12N2O3S2/c1-14-8-4-2-3-7(5-8)11-16(12,13)6-9(10)15/h2-5,11H,6H2,1H3,(H2,10,15). The Kier molecular flexibility index (Phi) is 4.08. The number of hydrogen-bond donors (Lipinski definition) is 2. The second-order valence-electron chi connectivity index (χ2n) is 3.06. The van der Waals surface area contributed by atoms with Crippen LogP contribution in [0.3, 0.4) is 0 Å². The van der Waals surface area contributed by atoms with Crippen molar-refractivity contribution in [1.82, 2.24) is 0 Å². The number of benzene rings is 1. The maximum Gasteiger partial charge on any atom is 0.239 e. The lowest BCUT2D eigenvalue weighted by Crippen LogP contribution is -2.26. The molecule has 0 aliphatic heterocycles. The molecule has 5 nitrogen and oxygen atoms in total. The Morgan fingerprint density at radius 1 is 1.56 bits per heavy atom. The summed E-state index contributed by atoms with van der Waals surface area (Å²) < 4.78 is 30.3. The molecule has 16 heavy (non-hydrogen) atoms. The molecule has 0 saturated carbocycles. The molecule has 0 heterocycles. The first kappa shape index (κ1) is 12.7. The Bertz CT molecular complexity index is 485. The molecular formula is C9H12N2O3S2. The minimum atomic E-state index is -3.53. The summed E-state index contributed by atoms with van der Waals surface area (Å²) in [7, 11) is -2.03. The van der Waals surface area contributed by atoms with Gasteiger partial charge in [-0.3, -0.25) is 4.72 Å². The normalized spacial score (nSPS) is 10.8. The van der Waals surface area contributed by atoms with Gasteiger partial charge in [-0.2, -0.15) is 0 Å². The molecule has 3 N–H and O–H groups in total. The van der Waals surface area contributed by atoms with Crippen LogP contribution in [0.2, 0.25) is 0 Å². The predicted octanol–water partition coefficient (Wildman–Crippen LogP) is 0.723. The third-order valence-electron chi connectivity index (χ3n) is 1.68. The number of nitrogens with two attached hydrogens (primary N) is 1. The van der Waals surface area contributed by atoms with Crippen molar-refractivity contribution in [3.8, 4) is 5.75 Å². The number of ether oxygens (including phenoxy) is 1. The van der Waals surface area contributed by atoms with Gasteiger partial charge < -0.3 is 10.5 Å². The van der Waals surface area contributed by atoms with E-state index in [0.29, 0.717) is 11.4 Å². The molecular weight excluding hydrogens is 248 g/mol. The van der Waals surface area contributed by atoms with Crippen LogP contribution < -0.4 is 15.2 Å². The highest BCUT2D eigenvalue weighted by Crippen LogP contribution is 2.17. The maximum absolute atomic E-state index is 11.5. The lowest BCUT2D eigenvalue weighted by Gasteiger charge is -2.08. The molecule has 0 radical (unpaired) electrons. The summed E-state index contributed by atoms with van der Waals surface area (Å²) in [5.41, 5.74) is 5.59. The van der Waals surface area contributed by atoms with Crippen LogP contribution in [0.25, 0.3) is 0 Å². The van der Waals surface area contributed by atoms with E-state index in [1.54, 1.807) is 24.3 Å². The topological polar surface area (TPSA) is 81.4 Å². The van der Waals surface area contributed by atoms with Crippen LogP contribution in [-0.4, -0.2) is 26.3 Å². The fourth-order valence-corrected chi connectivity index (χ4v) is 2.49. The van der Waals surface area contributed by atoms with Crippen molar-refractivity contribution in [2.24, 2.45) is 5.73 Å².